The molecule has 18 heavy (non-hydrogen) atoms. The number of halogens is 3. The Morgan fingerprint density at radius 3 is 2.56 bits per heavy atom. The maximum Gasteiger partial charge on any atom is 0.407 e. The Hall–Kier alpha value is -1.06. The van der Waals surface area contributed by atoms with E-state index in [2.05, 4.69) is 4.98 Å². The number of aryl methyl sites for hydroxylation is 1. The Morgan fingerprint density at radius 2 is 2.11 bits per heavy atom. The van der Waals surface area contributed by atoms with Gasteiger partial charge in [-0.2, -0.15) is 17.9 Å². The summed E-state index contributed by atoms with van der Waals surface area (Å²) in [6.07, 6.45) is -3.18. The second kappa shape index (κ2) is 5.29. The monoisotopic (exact) mass is 286 g/mol. The average Bonchev–Trinajstić information content (AvgIpc) is 2.73. The zero-order valence-electron chi connectivity index (χ0n) is 9.45. The quantitative estimate of drug-likeness (QED) is 0.748. The lowest BCUT2D eigenvalue weighted by molar-refractivity contribution is -0.158. The van der Waals surface area contributed by atoms with Crippen molar-refractivity contribution in [3.63, 3.8) is 0 Å². The summed E-state index contributed by atoms with van der Waals surface area (Å²) in [6, 6.07) is -1.34. The standard InChI is InChI=1S/C9H13F3N2O3S/c1-2-6-7(3-4-13-6)18(16,17)14-8(5-15)9(10,11)12/h3-4,8,13-15H,2,5H2,1H3. The molecular weight excluding hydrogens is 273 g/mol. The third kappa shape index (κ3) is 3.24. The van der Waals surface area contributed by atoms with Crippen molar-refractivity contribution in [1.82, 2.24) is 9.71 Å². The van der Waals surface area contributed by atoms with E-state index in [1.54, 1.807) is 6.92 Å². The molecule has 0 aliphatic carbocycles. The summed E-state index contributed by atoms with van der Waals surface area (Å²) in [5, 5.41) is 8.59. The smallest absolute Gasteiger partial charge is 0.394 e. The van der Waals surface area contributed by atoms with Crippen LogP contribution in [-0.2, 0) is 16.4 Å². The summed E-state index contributed by atoms with van der Waals surface area (Å²) in [6.45, 7) is 0.312. The van der Waals surface area contributed by atoms with Crippen molar-refractivity contribution in [2.24, 2.45) is 0 Å². The Bertz CT molecular complexity index is 495. The Balaban J connectivity index is 3.02. The van der Waals surface area contributed by atoms with Crippen LogP contribution in [0.25, 0.3) is 0 Å². The molecule has 1 aromatic heterocycles. The number of sulfonamides is 1. The number of hydrogen-bond donors (Lipinski definition) is 3. The fourth-order valence-corrected chi connectivity index (χ4v) is 2.86. The second-order valence-corrected chi connectivity index (χ2v) is 5.25. The molecule has 1 rings (SSSR count). The van der Waals surface area contributed by atoms with Gasteiger partial charge in [-0.15, -0.1) is 0 Å². The minimum Gasteiger partial charge on any atom is -0.394 e. The van der Waals surface area contributed by atoms with Gasteiger partial charge in [0.25, 0.3) is 0 Å². The number of aromatic nitrogens is 1. The highest BCUT2D eigenvalue weighted by Gasteiger charge is 2.42. The topological polar surface area (TPSA) is 82.2 Å². The van der Waals surface area contributed by atoms with Gasteiger partial charge in [0.2, 0.25) is 10.0 Å². The summed E-state index contributed by atoms with van der Waals surface area (Å²) in [5.74, 6) is 0. The van der Waals surface area contributed by atoms with Crippen LogP contribution in [0.4, 0.5) is 13.2 Å². The van der Waals surface area contributed by atoms with E-state index in [0.717, 1.165) is 0 Å². The van der Waals surface area contributed by atoms with E-state index in [1.165, 1.54) is 17.0 Å². The largest absolute Gasteiger partial charge is 0.407 e. The molecule has 0 aliphatic rings. The SMILES string of the molecule is CCc1[nH]ccc1S(=O)(=O)NC(CO)C(F)(F)F. The molecular formula is C9H13F3N2O3S. The molecule has 3 N–H and O–H groups in total. The molecule has 5 nitrogen and oxygen atoms in total. The predicted molar refractivity (Wildman–Crippen MR) is 57.4 cm³/mol. The molecule has 1 atom stereocenters. The molecule has 1 unspecified atom stereocenters. The molecule has 0 saturated heterocycles. The van der Waals surface area contributed by atoms with Gasteiger partial charge in [-0.1, -0.05) is 6.92 Å². The van der Waals surface area contributed by atoms with Crippen LogP contribution < -0.4 is 4.72 Å². The first-order valence-electron chi connectivity index (χ1n) is 5.08. The predicted octanol–water partition coefficient (Wildman–Crippen LogP) is 0.779. The summed E-state index contributed by atoms with van der Waals surface area (Å²) in [4.78, 5) is 2.39. The zero-order valence-corrected chi connectivity index (χ0v) is 10.3. The molecule has 0 radical (unpaired) electrons. The molecule has 9 heteroatoms. The van der Waals surface area contributed by atoms with Crippen LogP contribution in [0, 0.1) is 0 Å². The van der Waals surface area contributed by atoms with Gasteiger partial charge < -0.3 is 10.1 Å². The highest BCUT2D eigenvalue weighted by molar-refractivity contribution is 7.89. The molecule has 1 aromatic rings. The Kier molecular flexibility index (Phi) is 4.41. The van der Waals surface area contributed by atoms with E-state index in [0.29, 0.717) is 12.1 Å². The van der Waals surface area contributed by atoms with E-state index in [1.807, 2.05) is 0 Å². The molecule has 0 aliphatic heterocycles. The summed E-state index contributed by atoms with van der Waals surface area (Å²) in [7, 11) is -4.32. The van der Waals surface area contributed by atoms with Crippen molar-refractivity contribution in [2.45, 2.75) is 30.5 Å². The maximum atomic E-state index is 12.4. The van der Waals surface area contributed by atoms with Gasteiger partial charge >= 0.3 is 6.18 Å². The summed E-state index contributed by atoms with van der Waals surface area (Å²) in [5.41, 5.74) is 0.307. The van der Waals surface area contributed by atoms with Crippen LogP contribution in [0.1, 0.15) is 12.6 Å². The van der Waals surface area contributed by atoms with Gasteiger partial charge in [-0.25, -0.2) is 8.42 Å². The Labute approximate surface area is 102 Å². The number of aromatic amines is 1. The first-order valence-corrected chi connectivity index (χ1v) is 6.56. The van der Waals surface area contributed by atoms with Crippen molar-refractivity contribution in [1.29, 1.82) is 0 Å². The van der Waals surface area contributed by atoms with Gasteiger partial charge in [-0.05, 0) is 12.5 Å². The minimum absolute atomic E-state index is 0.243. The fraction of sp³-hybridized carbons (Fsp3) is 0.556. The van der Waals surface area contributed by atoms with Crippen molar-refractivity contribution in [2.75, 3.05) is 6.61 Å². The van der Waals surface area contributed by atoms with Crippen LogP contribution in [-0.4, -0.2) is 37.3 Å². The van der Waals surface area contributed by atoms with Crippen LogP contribution in [0.2, 0.25) is 0 Å². The number of H-pyrrole nitrogens is 1. The number of rotatable bonds is 5. The second-order valence-electron chi connectivity index (χ2n) is 3.57. The first kappa shape index (κ1) is 15.0. The van der Waals surface area contributed by atoms with E-state index < -0.39 is 28.8 Å². The van der Waals surface area contributed by atoms with Crippen LogP contribution in [0.5, 0.6) is 0 Å². The van der Waals surface area contributed by atoms with E-state index in [9.17, 15) is 21.6 Å². The molecule has 0 fully saturated rings. The third-order valence-electron chi connectivity index (χ3n) is 2.31. The van der Waals surface area contributed by atoms with Gasteiger partial charge in [-0.3, -0.25) is 0 Å². The number of nitrogens with one attached hydrogen (secondary N) is 2. The van der Waals surface area contributed by atoms with Crippen molar-refractivity contribution >= 4 is 10.0 Å². The van der Waals surface area contributed by atoms with Gasteiger partial charge in [0.15, 0.2) is 0 Å². The molecule has 104 valence electrons. The fourth-order valence-electron chi connectivity index (χ4n) is 1.38. The van der Waals surface area contributed by atoms with Crippen LogP contribution in [0.3, 0.4) is 0 Å². The number of hydrogen-bond acceptors (Lipinski definition) is 3. The molecule has 0 aromatic carbocycles. The van der Waals surface area contributed by atoms with Gasteiger partial charge in [0.05, 0.1) is 6.61 Å². The van der Waals surface area contributed by atoms with Crippen molar-refractivity contribution < 1.29 is 26.7 Å². The number of alkyl halides is 3. The minimum atomic E-state index is -4.84. The van der Waals surface area contributed by atoms with E-state index >= 15 is 0 Å². The first-order chi connectivity index (χ1) is 8.22. The molecule has 1 heterocycles. The summed E-state index contributed by atoms with van der Waals surface area (Å²) >= 11 is 0. The highest BCUT2D eigenvalue weighted by atomic mass is 32.2. The van der Waals surface area contributed by atoms with Crippen molar-refractivity contribution in [3.8, 4) is 0 Å². The average molecular weight is 286 g/mol. The van der Waals surface area contributed by atoms with Crippen LogP contribution >= 0.6 is 0 Å². The third-order valence-corrected chi connectivity index (χ3v) is 3.86. The van der Waals surface area contributed by atoms with Crippen molar-refractivity contribution in [3.05, 3.63) is 18.0 Å². The van der Waals surface area contributed by atoms with Gasteiger partial charge in [0, 0.05) is 11.9 Å². The number of aliphatic hydroxyl groups is 1. The lowest BCUT2D eigenvalue weighted by atomic mass is 10.3. The molecule has 0 saturated carbocycles. The van der Waals surface area contributed by atoms with Crippen LogP contribution in [0.15, 0.2) is 17.2 Å². The van der Waals surface area contributed by atoms with E-state index in [4.69, 9.17) is 5.11 Å². The lowest BCUT2D eigenvalue weighted by Gasteiger charge is -2.19. The van der Waals surface area contributed by atoms with E-state index in [-0.39, 0.29) is 4.90 Å². The highest BCUT2D eigenvalue weighted by Crippen LogP contribution is 2.22. The van der Waals surface area contributed by atoms with Gasteiger partial charge in [0.1, 0.15) is 10.9 Å². The molecule has 0 amide bonds. The zero-order chi connectivity index (χ0) is 14.0. The maximum absolute atomic E-state index is 12.4. The Morgan fingerprint density at radius 1 is 1.50 bits per heavy atom. The lowest BCUT2D eigenvalue weighted by Crippen LogP contribution is -2.47. The summed E-state index contributed by atoms with van der Waals surface area (Å²) < 4.78 is 62.1. The molecule has 0 bridgehead atoms. The number of aliphatic hydroxyl groups excluding tert-OH is 1. The molecule has 0 spiro atoms. The normalized spacial score (nSPS) is 14.7.